The second-order valence-corrected chi connectivity index (χ2v) is 12.2. The number of pyridine rings is 3. The van der Waals surface area contributed by atoms with Gasteiger partial charge in [-0.3, -0.25) is 15.0 Å². The summed E-state index contributed by atoms with van der Waals surface area (Å²) in [6, 6.07) is 45.6. The molecule has 3 heterocycles. The van der Waals surface area contributed by atoms with Crippen LogP contribution >= 0.6 is 0 Å². The van der Waals surface area contributed by atoms with E-state index in [1.54, 1.807) is 58.5 Å². The number of rotatable bonds is 15. The molecule has 0 N–H and O–H groups in total. The molecule has 0 saturated carbocycles. The number of para-hydroxylation sites is 1. The third kappa shape index (κ3) is 6.79. The minimum Gasteiger partial charge on any atom is -0.450 e. The fourth-order valence-electron chi connectivity index (χ4n) is 6.58. The second-order valence-electron chi connectivity index (χ2n) is 12.2. The summed E-state index contributed by atoms with van der Waals surface area (Å²) in [5.41, 5.74) is 4.26. The van der Waals surface area contributed by atoms with Gasteiger partial charge in [0.05, 0.1) is 0 Å². The Bertz CT molecular complexity index is 1980. The van der Waals surface area contributed by atoms with Gasteiger partial charge in [-0.1, -0.05) is 97.1 Å². The zero-order valence-corrected chi connectivity index (χ0v) is 30.1. The monoisotopic (exact) mass is 717 g/mol. The lowest BCUT2D eigenvalue weighted by Crippen LogP contribution is -2.40. The third-order valence-corrected chi connectivity index (χ3v) is 9.20. The molecule has 0 radical (unpaired) electrons. The van der Waals surface area contributed by atoms with E-state index in [2.05, 4.69) is 15.0 Å². The molecule has 9 nitrogen and oxygen atoms in total. The van der Waals surface area contributed by atoms with Gasteiger partial charge in [-0.25, -0.2) is 0 Å². The van der Waals surface area contributed by atoms with Gasteiger partial charge in [-0.2, -0.15) is 0 Å². The highest BCUT2D eigenvalue weighted by atomic mass is 16.7. The van der Waals surface area contributed by atoms with Crippen LogP contribution in [0.4, 0.5) is 0 Å². The van der Waals surface area contributed by atoms with Gasteiger partial charge in [0.1, 0.15) is 0 Å². The van der Waals surface area contributed by atoms with E-state index in [1.807, 2.05) is 146 Å². The van der Waals surface area contributed by atoms with Crippen molar-refractivity contribution in [3.8, 4) is 17.2 Å². The van der Waals surface area contributed by atoms with E-state index >= 15 is 0 Å². The number of methoxy groups -OCH3 is 3. The Morgan fingerprint density at radius 3 is 0.889 bits per heavy atom. The largest absolute Gasteiger partial charge is 0.450 e. The van der Waals surface area contributed by atoms with Gasteiger partial charge in [-0.05, 0) is 48.5 Å². The minimum atomic E-state index is -1.51. The first-order valence-corrected chi connectivity index (χ1v) is 17.3. The molecule has 4 aromatic carbocycles. The van der Waals surface area contributed by atoms with Crippen molar-refractivity contribution in [3.63, 3.8) is 0 Å². The average Bonchev–Trinajstić information content (AvgIpc) is 3.26. The summed E-state index contributed by atoms with van der Waals surface area (Å²) in [6.45, 7) is 0. The first-order valence-electron chi connectivity index (χ1n) is 17.3. The van der Waals surface area contributed by atoms with Gasteiger partial charge < -0.3 is 28.4 Å². The zero-order chi connectivity index (χ0) is 37.3. The van der Waals surface area contributed by atoms with Crippen LogP contribution in [-0.2, 0) is 31.6 Å². The Morgan fingerprint density at radius 2 is 0.593 bits per heavy atom. The Morgan fingerprint density at radius 1 is 0.315 bits per heavy atom. The van der Waals surface area contributed by atoms with Gasteiger partial charge in [0.2, 0.25) is 5.75 Å². The highest BCUT2D eigenvalue weighted by molar-refractivity contribution is 5.55. The van der Waals surface area contributed by atoms with Crippen molar-refractivity contribution in [2.24, 2.45) is 0 Å². The summed E-state index contributed by atoms with van der Waals surface area (Å²) >= 11 is 0. The van der Waals surface area contributed by atoms with Crippen LogP contribution in [0.25, 0.3) is 0 Å². The van der Waals surface area contributed by atoms with Crippen LogP contribution in [0.3, 0.4) is 0 Å². The van der Waals surface area contributed by atoms with Crippen molar-refractivity contribution in [2.75, 3.05) is 21.3 Å². The van der Waals surface area contributed by atoms with Crippen molar-refractivity contribution < 1.29 is 28.4 Å². The molecule has 3 unspecified atom stereocenters. The van der Waals surface area contributed by atoms with E-state index in [0.29, 0.717) is 22.3 Å². The fourth-order valence-corrected chi connectivity index (χ4v) is 6.58. The van der Waals surface area contributed by atoms with E-state index in [1.165, 1.54) is 0 Å². The molecule has 54 heavy (non-hydrogen) atoms. The van der Waals surface area contributed by atoms with Crippen LogP contribution in [0.15, 0.2) is 183 Å². The van der Waals surface area contributed by atoms with Crippen LogP contribution in [0.2, 0.25) is 0 Å². The summed E-state index contributed by atoms with van der Waals surface area (Å²) in [7, 11) is 4.80. The molecule has 7 rings (SSSR count). The van der Waals surface area contributed by atoms with Gasteiger partial charge in [0, 0.05) is 91.9 Å². The highest BCUT2D eigenvalue weighted by Gasteiger charge is 2.44. The number of ether oxygens (including phenoxy) is 6. The molecule has 0 amide bonds. The zero-order valence-electron chi connectivity index (χ0n) is 30.1. The molecule has 270 valence electrons. The molecular formula is C45H39N3O6. The van der Waals surface area contributed by atoms with Gasteiger partial charge >= 0.3 is 0 Å². The second kappa shape index (κ2) is 16.1. The maximum Gasteiger partial charge on any atom is 0.264 e. The first-order chi connectivity index (χ1) is 26.6. The van der Waals surface area contributed by atoms with Crippen molar-refractivity contribution in [1.29, 1.82) is 0 Å². The van der Waals surface area contributed by atoms with E-state index in [9.17, 15) is 0 Å². The van der Waals surface area contributed by atoms with Gasteiger partial charge in [0.15, 0.2) is 11.5 Å². The summed E-state index contributed by atoms with van der Waals surface area (Å²) in [6.07, 6.45) is 10.2. The lowest BCUT2D eigenvalue weighted by Gasteiger charge is -2.39. The van der Waals surface area contributed by atoms with Gasteiger partial charge in [-0.15, -0.1) is 0 Å². The number of benzene rings is 4. The maximum absolute atomic E-state index is 7.27. The average molecular weight is 718 g/mol. The summed E-state index contributed by atoms with van der Waals surface area (Å²) in [4.78, 5) is 12.8. The Balaban J connectivity index is 1.50. The summed E-state index contributed by atoms with van der Waals surface area (Å²) in [5, 5.41) is 0. The van der Waals surface area contributed by atoms with Crippen LogP contribution in [0.5, 0.6) is 17.2 Å². The first kappa shape index (κ1) is 36.0. The lowest BCUT2D eigenvalue weighted by atomic mass is 9.97. The minimum absolute atomic E-state index is 0.206. The number of hydrogen-bond donors (Lipinski definition) is 0. The summed E-state index contributed by atoms with van der Waals surface area (Å²) in [5.74, 6) is -3.65. The van der Waals surface area contributed by atoms with Crippen molar-refractivity contribution in [2.45, 2.75) is 17.4 Å². The van der Waals surface area contributed by atoms with E-state index in [4.69, 9.17) is 28.4 Å². The van der Waals surface area contributed by atoms with Gasteiger partial charge in [0.25, 0.3) is 17.4 Å². The van der Waals surface area contributed by atoms with E-state index in [-0.39, 0.29) is 17.2 Å². The molecule has 3 aromatic heterocycles. The van der Waals surface area contributed by atoms with E-state index in [0.717, 1.165) is 11.1 Å². The number of aromatic nitrogens is 3. The molecule has 0 aliphatic carbocycles. The lowest BCUT2D eigenvalue weighted by molar-refractivity contribution is -0.161. The molecular weight excluding hydrogens is 679 g/mol. The molecule has 0 saturated heterocycles. The molecule has 0 aliphatic rings. The van der Waals surface area contributed by atoms with E-state index < -0.39 is 17.4 Å². The summed E-state index contributed by atoms with van der Waals surface area (Å²) < 4.78 is 40.8. The van der Waals surface area contributed by atoms with Crippen molar-refractivity contribution in [3.05, 3.63) is 216 Å². The molecule has 0 aliphatic heterocycles. The molecule has 9 heteroatoms. The number of hydrogen-bond acceptors (Lipinski definition) is 9. The molecule has 0 fully saturated rings. The highest BCUT2D eigenvalue weighted by Crippen LogP contribution is 2.50. The van der Waals surface area contributed by atoms with Crippen LogP contribution in [-0.4, -0.2) is 36.3 Å². The fraction of sp³-hybridized carbons (Fsp3) is 0.133. The topological polar surface area (TPSA) is 94.1 Å². The maximum atomic E-state index is 7.27. The molecule has 3 atom stereocenters. The standard InChI is InChI=1S/C45H39N3O6/c1-49-43(34-14-7-4-8-15-34,37-22-28-46-29-23-37)52-40-20-13-21-41(53-44(50-2,35-16-9-5-10-17-35)38-24-30-47-31-25-38)42(40)54-45(51-3,36-18-11-6-12-19-36)39-26-32-48-33-27-39/h4-33H,1-3H3. The molecule has 7 aromatic rings. The van der Waals surface area contributed by atoms with Crippen molar-refractivity contribution >= 4 is 0 Å². The number of nitrogens with zero attached hydrogens (tertiary/aromatic N) is 3. The quantitative estimate of drug-likeness (QED) is 0.0967. The Hall–Kier alpha value is -6.39. The Labute approximate surface area is 314 Å². The van der Waals surface area contributed by atoms with Crippen LogP contribution < -0.4 is 14.2 Å². The van der Waals surface area contributed by atoms with Crippen LogP contribution in [0.1, 0.15) is 33.4 Å². The Kier molecular flexibility index (Phi) is 10.7. The predicted molar refractivity (Wildman–Crippen MR) is 204 cm³/mol. The predicted octanol–water partition coefficient (Wildman–Crippen LogP) is 8.65. The smallest absolute Gasteiger partial charge is 0.264 e. The molecule has 0 bridgehead atoms. The molecule has 0 spiro atoms. The van der Waals surface area contributed by atoms with Crippen molar-refractivity contribution in [1.82, 2.24) is 15.0 Å². The normalized spacial score (nSPS) is 14.5. The SMILES string of the molecule is COC(Oc1cccc(OC(OC)(c2ccccc2)c2ccncc2)c1OC(OC)(c1ccccc1)c1ccncc1)(c1ccccc1)c1ccncc1. The van der Waals surface area contributed by atoms with Crippen LogP contribution in [0, 0.1) is 0 Å². The third-order valence-electron chi connectivity index (χ3n) is 9.20.